The number of pyridine rings is 1. The highest BCUT2D eigenvalue weighted by Gasteiger charge is 2.32. The van der Waals surface area contributed by atoms with Gasteiger partial charge in [0.2, 0.25) is 5.91 Å². The summed E-state index contributed by atoms with van der Waals surface area (Å²) in [6.07, 6.45) is 2.59. The van der Waals surface area contributed by atoms with Crippen LogP contribution in [0.2, 0.25) is 0 Å². The van der Waals surface area contributed by atoms with Gasteiger partial charge in [0.15, 0.2) is 11.5 Å². The number of benzene rings is 1. The van der Waals surface area contributed by atoms with Crippen molar-refractivity contribution in [3.05, 3.63) is 41.6 Å². The molecular formula is C35H42FN7O5. The minimum absolute atomic E-state index is 0.0127. The molecular weight excluding hydrogens is 617 g/mol. The number of nitrogens with one attached hydrogen (secondary N) is 2. The Morgan fingerprint density at radius 2 is 1.98 bits per heavy atom. The van der Waals surface area contributed by atoms with E-state index in [1.165, 1.54) is 12.8 Å². The SMILES string of the molecule is Cn1c(-c2cc3cccc(OC[C@@H]4CNC(=O)C4)c3n2CC2CC2)nc2cc3c(nc21)CCN(C[C@@H](CF)NC(=O)OC(C)(C)C)C3=O. The lowest BCUT2D eigenvalue weighted by Gasteiger charge is -2.31. The van der Waals surface area contributed by atoms with Gasteiger partial charge in [-0.15, -0.1) is 0 Å². The second-order valence-electron chi connectivity index (χ2n) is 14.3. The van der Waals surface area contributed by atoms with Crippen LogP contribution in [0.5, 0.6) is 5.75 Å². The molecule has 3 aromatic heterocycles. The fraction of sp³-hybridized carbons (Fsp3) is 0.514. The summed E-state index contributed by atoms with van der Waals surface area (Å²) in [7, 11) is 1.94. The number of hydrogen-bond donors (Lipinski definition) is 2. The van der Waals surface area contributed by atoms with Crippen LogP contribution in [0.4, 0.5) is 9.18 Å². The third-order valence-electron chi connectivity index (χ3n) is 9.19. The maximum absolute atomic E-state index is 13.9. The van der Waals surface area contributed by atoms with E-state index in [9.17, 15) is 18.8 Å². The number of alkyl halides is 1. The Labute approximate surface area is 278 Å². The number of nitrogens with zero attached hydrogens (tertiary/aromatic N) is 5. The highest BCUT2D eigenvalue weighted by Crippen LogP contribution is 2.39. The lowest BCUT2D eigenvalue weighted by Crippen LogP contribution is -2.50. The Balaban J connectivity index is 1.18. The van der Waals surface area contributed by atoms with Gasteiger partial charge in [0.1, 0.15) is 23.5 Å². The molecule has 3 amide bonds. The Kier molecular flexibility index (Phi) is 8.24. The molecule has 0 unspecified atom stereocenters. The molecule has 1 saturated carbocycles. The van der Waals surface area contributed by atoms with Crippen LogP contribution in [0, 0.1) is 11.8 Å². The topological polar surface area (TPSA) is 133 Å². The van der Waals surface area contributed by atoms with Gasteiger partial charge in [-0.2, -0.15) is 0 Å². The molecule has 3 aliphatic rings. The molecule has 7 rings (SSSR count). The van der Waals surface area contributed by atoms with Crippen molar-refractivity contribution in [3.63, 3.8) is 0 Å². The summed E-state index contributed by atoms with van der Waals surface area (Å²) in [6, 6.07) is 9.06. The summed E-state index contributed by atoms with van der Waals surface area (Å²) in [5.74, 6) is 2.02. The molecule has 1 saturated heterocycles. The van der Waals surface area contributed by atoms with Gasteiger partial charge >= 0.3 is 6.09 Å². The average molecular weight is 660 g/mol. The lowest BCUT2D eigenvalue weighted by atomic mass is 10.0. The maximum Gasteiger partial charge on any atom is 0.408 e. The molecule has 0 bridgehead atoms. The zero-order valence-corrected chi connectivity index (χ0v) is 27.8. The van der Waals surface area contributed by atoms with E-state index in [0.29, 0.717) is 60.9 Å². The van der Waals surface area contributed by atoms with E-state index in [2.05, 4.69) is 27.3 Å². The number of carbonyl (C=O) groups excluding carboxylic acids is 3. The van der Waals surface area contributed by atoms with Gasteiger partial charge < -0.3 is 34.1 Å². The number of carbonyl (C=O) groups is 3. The summed E-state index contributed by atoms with van der Waals surface area (Å²) in [4.78, 5) is 49.1. The Morgan fingerprint density at radius 3 is 2.69 bits per heavy atom. The molecule has 1 aromatic carbocycles. The quantitative estimate of drug-likeness (QED) is 0.258. The normalized spacial score (nSPS) is 18.7. The Morgan fingerprint density at radius 1 is 1.17 bits per heavy atom. The first-order chi connectivity index (χ1) is 23.0. The molecule has 2 fully saturated rings. The predicted octanol–water partition coefficient (Wildman–Crippen LogP) is 4.38. The van der Waals surface area contributed by atoms with E-state index in [1.807, 2.05) is 23.7 Å². The van der Waals surface area contributed by atoms with Crippen LogP contribution in [-0.2, 0) is 29.5 Å². The average Bonchev–Trinajstić information content (AvgIpc) is 3.51. The number of fused-ring (bicyclic) bond motifs is 3. The van der Waals surface area contributed by atoms with Crippen molar-refractivity contribution in [1.29, 1.82) is 0 Å². The number of rotatable bonds is 10. The number of aromatic nitrogens is 4. The zero-order valence-electron chi connectivity index (χ0n) is 27.8. The van der Waals surface area contributed by atoms with Crippen molar-refractivity contribution in [2.75, 3.05) is 32.9 Å². The van der Waals surface area contributed by atoms with Crippen LogP contribution in [0.15, 0.2) is 30.3 Å². The number of imidazole rings is 1. The summed E-state index contributed by atoms with van der Waals surface area (Å²) in [5, 5.41) is 6.47. The fourth-order valence-corrected chi connectivity index (χ4v) is 6.64. The summed E-state index contributed by atoms with van der Waals surface area (Å²) in [6.45, 7) is 6.64. The molecule has 13 heteroatoms. The number of amides is 3. The smallest absolute Gasteiger partial charge is 0.408 e. The summed E-state index contributed by atoms with van der Waals surface area (Å²) < 4.78 is 29.8. The van der Waals surface area contributed by atoms with Gasteiger partial charge in [0, 0.05) is 57.4 Å². The molecule has 0 radical (unpaired) electrons. The van der Waals surface area contributed by atoms with Crippen LogP contribution >= 0.6 is 0 Å². The van der Waals surface area contributed by atoms with E-state index in [-0.39, 0.29) is 24.3 Å². The standard InChI is InChI=1S/C35H42FN7O5/c1-35(2,3)48-34(46)38-23(15-36)18-42-11-10-25-24(33(42)45)14-26-31(39-25)41(4)32(40-26)27-13-22-6-5-7-28(30(22)43(27)17-20-8-9-20)47-19-21-12-29(44)37-16-21/h5-7,13-14,20-21,23H,8-12,15-19H2,1-4H3,(H,37,44)(H,38,46)/t21-,23+/m0/s1. The molecule has 48 heavy (non-hydrogen) atoms. The minimum Gasteiger partial charge on any atom is -0.491 e. The van der Waals surface area contributed by atoms with Gasteiger partial charge in [-0.3, -0.25) is 9.59 Å². The van der Waals surface area contributed by atoms with Gasteiger partial charge in [-0.05, 0) is 57.7 Å². The van der Waals surface area contributed by atoms with Crippen molar-refractivity contribution in [2.45, 2.75) is 64.6 Å². The molecule has 2 atom stereocenters. The molecule has 2 N–H and O–H groups in total. The second kappa shape index (κ2) is 12.4. The highest BCUT2D eigenvalue weighted by molar-refractivity contribution is 5.99. The Hall–Kier alpha value is -4.68. The van der Waals surface area contributed by atoms with Crippen molar-refractivity contribution < 1.29 is 28.2 Å². The van der Waals surface area contributed by atoms with E-state index in [1.54, 1.807) is 31.7 Å². The summed E-state index contributed by atoms with van der Waals surface area (Å²) >= 11 is 0. The van der Waals surface area contributed by atoms with Crippen molar-refractivity contribution in [3.8, 4) is 17.3 Å². The molecule has 254 valence electrons. The number of para-hydroxylation sites is 1. The first kappa shape index (κ1) is 31.9. The van der Waals surface area contributed by atoms with Crippen molar-refractivity contribution >= 4 is 40.0 Å². The number of aryl methyl sites for hydroxylation is 1. The van der Waals surface area contributed by atoms with Gasteiger partial charge in [0.25, 0.3) is 5.91 Å². The van der Waals surface area contributed by atoms with E-state index in [4.69, 9.17) is 19.4 Å². The predicted molar refractivity (Wildman–Crippen MR) is 178 cm³/mol. The van der Waals surface area contributed by atoms with Gasteiger partial charge in [-0.25, -0.2) is 19.2 Å². The summed E-state index contributed by atoms with van der Waals surface area (Å²) in [5.41, 5.74) is 3.60. The lowest BCUT2D eigenvalue weighted by molar-refractivity contribution is -0.119. The van der Waals surface area contributed by atoms with Crippen LogP contribution in [0.1, 0.15) is 56.1 Å². The number of hydrogen-bond acceptors (Lipinski definition) is 7. The highest BCUT2D eigenvalue weighted by atomic mass is 19.1. The molecule has 12 nitrogen and oxygen atoms in total. The van der Waals surface area contributed by atoms with Crippen molar-refractivity contribution in [2.24, 2.45) is 18.9 Å². The third-order valence-corrected chi connectivity index (χ3v) is 9.19. The maximum atomic E-state index is 13.9. The van der Waals surface area contributed by atoms with E-state index >= 15 is 0 Å². The zero-order chi connectivity index (χ0) is 33.7. The molecule has 4 aromatic rings. The van der Waals surface area contributed by atoms with Crippen LogP contribution in [-0.4, -0.2) is 86.5 Å². The first-order valence-electron chi connectivity index (χ1n) is 16.7. The Bertz CT molecular complexity index is 1910. The van der Waals surface area contributed by atoms with Gasteiger partial charge in [0.05, 0.1) is 35.1 Å². The van der Waals surface area contributed by atoms with Crippen molar-refractivity contribution in [1.82, 2.24) is 34.6 Å². The van der Waals surface area contributed by atoms with E-state index < -0.39 is 24.4 Å². The molecule has 1 aliphatic carbocycles. The largest absolute Gasteiger partial charge is 0.491 e. The van der Waals surface area contributed by atoms with Crippen LogP contribution < -0.4 is 15.4 Å². The third kappa shape index (κ3) is 6.42. The molecule has 0 spiro atoms. The first-order valence-corrected chi connectivity index (χ1v) is 16.7. The minimum atomic E-state index is -0.900. The fourth-order valence-electron chi connectivity index (χ4n) is 6.64. The second-order valence-corrected chi connectivity index (χ2v) is 14.3. The van der Waals surface area contributed by atoms with Crippen LogP contribution in [0.3, 0.4) is 0 Å². The molecule has 5 heterocycles. The number of halogens is 1. The molecule has 2 aliphatic heterocycles. The van der Waals surface area contributed by atoms with Crippen LogP contribution in [0.25, 0.3) is 33.6 Å². The number of ether oxygens (including phenoxy) is 2. The number of alkyl carbamates (subject to hydrolysis) is 1. The monoisotopic (exact) mass is 659 g/mol. The van der Waals surface area contributed by atoms with Gasteiger partial charge in [-0.1, -0.05) is 12.1 Å². The van der Waals surface area contributed by atoms with E-state index in [0.717, 1.165) is 34.7 Å².